The lowest BCUT2D eigenvalue weighted by Gasteiger charge is -2.34. The molecule has 3 heterocycles. The smallest absolute Gasteiger partial charge is 0.107 e. The second-order valence-corrected chi connectivity index (χ2v) is 9.41. The lowest BCUT2D eigenvalue weighted by atomic mass is 9.92. The maximum atomic E-state index is 4.59. The van der Waals surface area contributed by atoms with Crippen molar-refractivity contribution in [1.29, 1.82) is 0 Å². The second-order valence-electron chi connectivity index (χ2n) is 7.37. The van der Waals surface area contributed by atoms with Gasteiger partial charge in [0.05, 0.1) is 17.2 Å². The summed E-state index contributed by atoms with van der Waals surface area (Å²) in [7, 11) is 2.28. The molecule has 1 spiro atoms. The lowest BCUT2D eigenvalue weighted by molar-refractivity contribution is 0.146. The van der Waals surface area contributed by atoms with E-state index in [0.717, 1.165) is 19.0 Å². The maximum Gasteiger partial charge on any atom is 0.107 e. The minimum atomic E-state index is 0.597. The first kappa shape index (κ1) is 16.6. The fraction of sp³-hybridized carbons (Fsp3) is 0.667. The Bertz CT molecular complexity index is 658. The Morgan fingerprint density at radius 2 is 2.17 bits per heavy atom. The van der Waals surface area contributed by atoms with Crippen molar-refractivity contribution in [2.45, 2.75) is 45.2 Å². The SMILES string of the molecule is Cc1nc(CCN2CCC3(CC2)CC3N(C)Cc2nccs2)cs1. The molecule has 130 valence electrons. The molecule has 2 aromatic rings. The Morgan fingerprint density at radius 1 is 1.33 bits per heavy atom. The summed E-state index contributed by atoms with van der Waals surface area (Å²) in [4.78, 5) is 14.2. The molecule has 0 aromatic carbocycles. The van der Waals surface area contributed by atoms with Crippen LogP contribution in [0.2, 0.25) is 0 Å². The first-order chi connectivity index (χ1) is 11.6. The van der Waals surface area contributed by atoms with E-state index in [-0.39, 0.29) is 0 Å². The van der Waals surface area contributed by atoms with Gasteiger partial charge in [-0.1, -0.05) is 0 Å². The minimum Gasteiger partial charge on any atom is -0.303 e. The van der Waals surface area contributed by atoms with Crippen molar-refractivity contribution >= 4 is 22.7 Å². The Kier molecular flexibility index (Phi) is 4.73. The van der Waals surface area contributed by atoms with E-state index in [1.807, 2.05) is 6.20 Å². The molecule has 1 saturated carbocycles. The summed E-state index contributed by atoms with van der Waals surface area (Å²) < 4.78 is 0. The van der Waals surface area contributed by atoms with Crippen molar-refractivity contribution in [3.63, 3.8) is 0 Å². The van der Waals surface area contributed by atoms with Crippen LogP contribution in [0.25, 0.3) is 0 Å². The molecule has 1 aliphatic carbocycles. The van der Waals surface area contributed by atoms with Gasteiger partial charge in [0.25, 0.3) is 0 Å². The van der Waals surface area contributed by atoms with Crippen LogP contribution < -0.4 is 0 Å². The normalized spacial score (nSPS) is 23.2. The average molecular weight is 363 g/mol. The predicted octanol–water partition coefficient (Wildman–Crippen LogP) is 3.44. The zero-order valence-corrected chi connectivity index (χ0v) is 16.2. The molecular weight excluding hydrogens is 336 g/mol. The third-order valence-corrected chi connectivity index (χ3v) is 7.34. The Hall–Kier alpha value is -0.820. The molecule has 0 N–H and O–H groups in total. The van der Waals surface area contributed by atoms with Gasteiger partial charge in [-0.2, -0.15) is 0 Å². The Morgan fingerprint density at radius 3 is 2.83 bits per heavy atom. The second kappa shape index (κ2) is 6.83. The lowest BCUT2D eigenvalue weighted by Crippen LogP contribution is -2.38. The fourth-order valence-electron chi connectivity index (χ4n) is 4.16. The van der Waals surface area contributed by atoms with Gasteiger partial charge in [0.1, 0.15) is 5.01 Å². The van der Waals surface area contributed by atoms with Crippen LogP contribution in [-0.4, -0.2) is 52.5 Å². The standard InChI is InChI=1S/C18H26N4S2/c1-14-20-15(13-24-14)3-7-22-8-4-18(5-9-22)11-16(18)21(2)12-17-19-6-10-23-17/h6,10,13,16H,3-5,7-9,11-12H2,1-2H3. The number of aryl methyl sites for hydroxylation is 1. The molecule has 0 radical (unpaired) electrons. The number of rotatable bonds is 6. The van der Waals surface area contributed by atoms with Crippen LogP contribution in [0, 0.1) is 12.3 Å². The van der Waals surface area contributed by atoms with Gasteiger partial charge in [-0.25, -0.2) is 9.97 Å². The molecular formula is C18H26N4S2. The van der Waals surface area contributed by atoms with Crippen LogP contribution in [-0.2, 0) is 13.0 Å². The minimum absolute atomic E-state index is 0.597. The largest absolute Gasteiger partial charge is 0.303 e. The fourth-order valence-corrected chi connectivity index (χ4v) is 5.48. The van der Waals surface area contributed by atoms with E-state index < -0.39 is 0 Å². The number of likely N-dealkylation sites (tertiary alicyclic amines) is 1. The van der Waals surface area contributed by atoms with Gasteiger partial charge < -0.3 is 4.90 Å². The van der Waals surface area contributed by atoms with Crippen molar-refractivity contribution < 1.29 is 0 Å². The van der Waals surface area contributed by atoms with Crippen molar-refractivity contribution in [3.05, 3.63) is 32.7 Å². The van der Waals surface area contributed by atoms with Gasteiger partial charge in [-0.3, -0.25) is 4.90 Å². The maximum absolute atomic E-state index is 4.59. The van der Waals surface area contributed by atoms with Crippen molar-refractivity contribution in [2.24, 2.45) is 5.41 Å². The monoisotopic (exact) mass is 362 g/mol. The number of hydrogen-bond acceptors (Lipinski definition) is 6. The van der Waals surface area contributed by atoms with Crippen molar-refractivity contribution in [3.8, 4) is 0 Å². The topological polar surface area (TPSA) is 32.3 Å². The van der Waals surface area contributed by atoms with Crippen molar-refractivity contribution in [2.75, 3.05) is 26.7 Å². The molecule has 4 rings (SSSR count). The van der Waals surface area contributed by atoms with Gasteiger partial charge in [-0.05, 0) is 51.7 Å². The van der Waals surface area contributed by atoms with E-state index in [1.54, 1.807) is 22.7 Å². The molecule has 2 fully saturated rings. The molecule has 1 atom stereocenters. The highest BCUT2D eigenvalue weighted by Crippen LogP contribution is 2.56. The summed E-state index contributed by atoms with van der Waals surface area (Å²) in [5, 5.41) is 6.72. The van der Waals surface area contributed by atoms with Gasteiger partial charge in [0.2, 0.25) is 0 Å². The number of hydrogen-bond donors (Lipinski definition) is 0. The highest BCUT2D eigenvalue weighted by Gasteiger charge is 2.56. The molecule has 1 saturated heterocycles. The molecule has 1 aliphatic heterocycles. The number of aromatic nitrogens is 2. The van der Waals surface area contributed by atoms with Crippen LogP contribution >= 0.6 is 22.7 Å². The van der Waals surface area contributed by atoms with Crippen LogP contribution in [0.3, 0.4) is 0 Å². The van der Waals surface area contributed by atoms with Gasteiger partial charge in [0.15, 0.2) is 0 Å². The summed E-state index contributed by atoms with van der Waals surface area (Å²) in [5.74, 6) is 0. The van der Waals surface area contributed by atoms with Crippen molar-refractivity contribution in [1.82, 2.24) is 19.8 Å². The van der Waals surface area contributed by atoms with E-state index in [0.29, 0.717) is 5.41 Å². The number of piperidine rings is 1. The average Bonchev–Trinajstić information content (AvgIpc) is 2.92. The summed E-state index contributed by atoms with van der Waals surface area (Å²) in [6, 6.07) is 0.768. The summed E-state index contributed by atoms with van der Waals surface area (Å²) >= 11 is 3.54. The highest BCUT2D eigenvalue weighted by molar-refractivity contribution is 7.09. The van der Waals surface area contributed by atoms with Gasteiger partial charge in [-0.15, -0.1) is 22.7 Å². The zero-order valence-electron chi connectivity index (χ0n) is 14.6. The van der Waals surface area contributed by atoms with E-state index in [2.05, 4.69) is 44.5 Å². The van der Waals surface area contributed by atoms with E-state index in [9.17, 15) is 0 Å². The first-order valence-electron chi connectivity index (χ1n) is 8.87. The molecule has 2 aromatic heterocycles. The molecule has 0 amide bonds. The highest BCUT2D eigenvalue weighted by atomic mass is 32.1. The van der Waals surface area contributed by atoms with E-state index in [1.165, 1.54) is 54.6 Å². The molecule has 24 heavy (non-hydrogen) atoms. The van der Waals surface area contributed by atoms with Crippen LogP contribution in [0.5, 0.6) is 0 Å². The Labute approximate surface area is 152 Å². The summed E-state index contributed by atoms with van der Waals surface area (Å²) in [5.41, 5.74) is 1.87. The van der Waals surface area contributed by atoms with E-state index >= 15 is 0 Å². The van der Waals surface area contributed by atoms with Gasteiger partial charge >= 0.3 is 0 Å². The van der Waals surface area contributed by atoms with E-state index in [4.69, 9.17) is 0 Å². The number of nitrogens with zero attached hydrogens (tertiary/aromatic N) is 4. The van der Waals surface area contributed by atoms with Gasteiger partial charge in [0, 0.05) is 36.0 Å². The third kappa shape index (κ3) is 3.57. The summed E-state index contributed by atoms with van der Waals surface area (Å²) in [6.07, 6.45) is 7.11. The molecule has 1 unspecified atom stereocenters. The predicted molar refractivity (Wildman–Crippen MR) is 101 cm³/mol. The molecule has 0 bridgehead atoms. The Balaban J connectivity index is 1.23. The van der Waals surface area contributed by atoms with Crippen LogP contribution in [0.4, 0.5) is 0 Å². The molecule has 6 heteroatoms. The number of thiazole rings is 2. The van der Waals surface area contributed by atoms with Crippen LogP contribution in [0.1, 0.15) is 35.0 Å². The van der Waals surface area contributed by atoms with Crippen LogP contribution in [0.15, 0.2) is 17.0 Å². The zero-order chi connectivity index (χ0) is 16.6. The molecule has 4 nitrogen and oxygen atoms in total. The quantitative estimate of drug-likeness (QED) is 0.788. The summed E-state index contributed by atoms with van der Waals surface area (Å²) in [6.45, 7) is 6.78. The third-order valence-electron chi connectivity index (χ3n) is 5.75. The molecule has 2 aliphatic rings. The first-order valence-corrected chi connectivity index (χ1v) is 10.6.